The van der Waals surface area contributed by atoms with Crippen LogP contribution >= 0.6 is 0 Å². The molecule has 0 aromatic carbocycles. The van der Waals surface area contributed by atoms with Crippen LogP contribution < -0.4 is 0 Å². The van der Waals surface area contributed by atoms with Crippen molar-refractivity contribution in [2.45, 2.75) is 50.4 Å². The number of ether oxygens (including phenoxy) is 1. The van der Waals surface area contributed by atoms with Crippen LogP contribution in [0.4, 0.5) is 0 Å². The van der Waals surface area contributed by atoms with Gasteiger partial charge in [0.15, 0.2) is 6.29 Å². The van der Waals surface area contributed by atoms with E-state index in [4.69, 9.17) is 15.1 Å². The molecule has 0 aliphatic carbocycles. The normalized spacial score (nSPS) is 29.4. The van der Waals surface area contributed by atoms with E-state index < -0.39 is 37.1 Å². The number of nitrogens with zero attached hydrogens (tertiary/aromatic N) is 4. The van der Waals surface area contributed by atoms with Gasteiger partial charge < -0.3 is 25.2 Å². The molecule has 1 aliphatic rings. The fraction of sp³-hybridized carbons (Fsp3) is 0.769. The molecule has 22 heavy (non-hydrogen) atoms. The van der Waals surface area contributed by atoms with Crippen molar-refractivity contribution in [3.05, 3.63) is 11.9 Å². The van der Waals surface area contributed by atoms with Gasteiger partial charge >= 0.3 is 0 Å². The molecular formula is C13H20N4O5. The van der Waals surface area contributed by atoms with Crippen LogP contribution in [0.5, 0.6) is 0 Å². The zero-order valence-corrected chi connectivity index (χ0v) is 12.0. The van der Waals surface area contributed by atoms with Gasteiger partial charge in [-0.1, -0.05) is 5.21 Å². The van der Waals surface area contributed by atoms with Gasteiger partial charge in [0.25, 0.3) is 0 Å². The van der Waals surface area contributed by atoms with Crippen molar-refractivity contribution in [3.63, 3.8) is 0 Å². The Morgan fingerprint density at radius 3 is 2.91 bits per heavy atom. The lowest BCUT2D eigenvalue weighted by Crippen LogP contribution is -2.38. The van der Waals surface area contributed by atoms with E-state index in [9.17, 15) is 15.3 Å². The summed E-state index contributed by atoms with van der Waals surface area (Å²) in [6.07, 6.45) is -1.22. The van der Waals surface area contributed by atoms with E-state index in [1.165, 1.54) is 4.68 Å². The Morgan fingerprint density at radius 2 is 2.23 bits per heavy atom. The number of hydrogen-bond donors (Lipinski definition) is 4. The number of hydrogen-bond acceptors (Lipinski definition) is 8. The summed E-state index contributed by atoms with van der Waals surface area (Å²) in [7, 11) is 0. The first kappa shape index (κ1) is 16.8. The highest BCUT2D eigenvalue weighted by Gasteiger charge is 2.46. The molecule has 1 aromatic heterocycles. The van der Waals surface area contributed by atoms with Crippen LogP contribution in [0.15, 0.2) is 6.20 Å². The second kappa shape index (κ2) is 7.62. The molecule has 0 amide bonds. The topological polar surface area (TPSA) is 145 Å². The molecule has 1 saturated heterocycles. The van der Waals surface area contributed by atoms with Gasteiger partial charge in [0.05, 0.1) is 31.0 Å². The molecule has 2 rings (SSSR count). The lowest BCUT2D eigenvalue weighted by molar-refractivity contribution is -0.149. The average molecular weight is 312 g/mol. The third-order valence-corrected chi connectivity index (χ3v) is 3.72. The van der Waals surface area contributed by atoms with Gasteiger partial charge in [0.2, 0.25) is 0 Å². The number of unbranched alkanes of at least 4 members (excludes halogenated alkanes) is 1. The quantitative estimate of drug-likeness (QED) is 0.430. The van der Waals surface area contributed by atoms with Gasteiger partial charge in [-0.3, -0.25) is 4.68 Å². The van der Waals surface area contributed by atoms with Gasteiger partial charge in [-0.05, 0) is 12.8 Å². The fourth-order valence-corrected chi connectivity index (χ4v) is 2.55. The summed E-state index contributed by atoms with van der Waals surface area (Å²) in [5, 5.41) is 54.7. The lowest BCUT2D eigenvalue weighted by Gasteiger charge is -2.22. The maximum Gasteiger partial charge on any atom is 0.181 e. The summed E-state index contributed by atoms with van der Waals surface area (Å²) in [4.78, 5) is 0. The molecule has 0 spiro atoms. The van der Waals surface area contributed by atoms with Crippen molar-refractivity contribution in [1.29, 1.82) is 5.26 Å². The molecule has 2 heterocycles. The van der Waals surface area contributed by atoms with Gasteiger partial charge in [-0.15, -0.1) is 5.10 Å². The number of rotatable bonds is 7. The molecular weight excluding hydrogens is 292 g/mol. The highest BCUT2D eigenvalue weighted by atomic mass is 16.6. The van der Waals surface area contributed by atoms with Crippen LogP contribution in [0.2, 0.25) is 0 Å². The lowest BCUT2D eigenvalue weighted by atomic mass is 9.95. The van der Waals surface area contributed by atoms with Gasteiger partial charge in [0, 0.05) is 18.5 Å². The maximum atomic E-state index is 9.95. The molecule has 9 heteroatoms. The van der Waals surface area contributed by atoms with E-state index in [1.54, 1.807) is 6.20 Å². The molecule has 5 atom stereocenters. The first-order valence-electron chi connectivity index (χ1n) is 7.13. The number of aryl methyl sites for hydroxylation is 1. The minimum Gasteiger partial charge on any atom is -0.394 e. The van der Waals surface area contributed by atoms with Crippen LogP contribution in [0.1, 0.15) is 18.5 Å². The van der Waals surface area contributed by atoms with Crippen LogP contribution in [0, 0.1) is 17.2 Å². The van der Waals surface area contributed by atoms with Crippen LogP contribution in [0.25, 0.3) is 0 Å². The summed E-state index contributed by atoms with van der Waals surface area (Å²) in [5.41, 5.74) is 0.725. The van der Waals surface area contributed by atoms with E-state index in [0.29, 0.717) is 19.3 Å². The second-order valence-corrected chi connectivity index (χ2v) is 5.34. The molecule has 122 valence electrons. The zero-order valence-electron chi connectivity index (χ0n) is 12.0. The Morgan fingerprint density at radius 1 is 1.45 bits per heavy atom. The number of aliphatic hydroxyl groups is 4. The molecule has 0 saturated carbocycles. The van der Waals surface area contributed by atoms with Gasteiger partial charge in [-0.25, -0.2) is 0 Å². The van der Waals surface area contributed by atoms with Crippen LogP contribution in [0.3, 0.4) is 0 Å². The van der Waals surface area contributed by atoms with Crippen LogP contribution in [-0.4, -0.2) is 66.6 Å². The van der Waals surface area contributed by atoms with Crippen molar-refractivity contribution in [1.82, 2.24) is 15.0 Å². The third kappa shape index (κ3) is 3.79. The summed E-state index contributed by atoms with van der Waals surface area (Å²) < 4.78 is 6.59. The smallest absolute Gasteiger partial charge is 0.181 e. The molecule has 1 aromatic rings. The molecule has 0 radical (unpaired) electrons. The first-order valence-corrected chi connectivity index (χ1v) is 7.13. The Kier molecular flexibility index (Phi) is 5.82. The van der Waals surface area contributed by atoms with Crippen molar-refractivity contribution >= 4 is 0 Å². The standard InChI is InChI=1S/C13H20N4O5/c14-4-2-1-3-8-5-17(16-15-8)6-9-11(20)13(21)22-12(9)10(19)7-18/h5,9-13,18-21H,1-3,6-7H2/t9-,10+,11+,12-,13+/m0/s1. The van der Waals surface area contributed by atoms with E-state index in [1.807, 2.05) is 0 Å². The molecule has 4 N–H and O–H groups in total. The SMILES string of the molecule is N#CCCCc1cn(C[C@H]2[C@@H](O)[C@H](O)O[C@@H]2[C@H](O)CO)nn1. The summed E-state index contributed by atoms with van der Waals surface area (Å²) >= 11 is 0. The number of nitriles is 1. The summed E-state index contributed by atoms with van der Waals surface area (Å²) in [5.74, 6) is -0.620. The maximum absolute atomic E-state index is 9.95. The average Bonchev–Trinajstić information content (AvgIpc) is 3.07. The first-order chi connectivity index (χ1) is 10.6. The van der Waals surface area contributed by atoms with E-state index in [-0.39, 0.29) is 6.54 Å². The molecule has 1 fully saturated rings. The van der Waals surface area contributed by atoms with E-state index in [0.717, 1.165) is 5.69 Å². The van der Waals surface area contributed by atoms with Gasteiger partial charge in [0.1, 0.15) is 12.2 Å². The van der Waals surface area contributed by atoms with Crippen molar-refractivity contribution < 1.29 is 25.2 Å². The number of aromatic nitrogens is 3. The molecule has 1 aliphatic heterocycles. The predicted molar refractivity (Wildman–Crippen MR) is 72.0 cm³/mol. The summed E-state index contributed by atoms with van der Waals surface area (Å²) in [6.45, 7) is -0.345. The monoisotopic (exact) mass is 312 g/mol. The Hall–Kier alpha value is -1.57. The molecule has 9 nitrogen and oxygen atoms in total. The van der Waals surface area contributed by atoms with Crippen molar-refractivity contribution in [2.24, 2.45) is 5.92 Å². The minimum atomic E-state index is -1.41. The second-order valence-electron chi connectivity index (χ2n) is 5.34. The van der Waals surface area contributed by atoms with Crippen molar-refractivity contribution in [3.8, 4) is 6.07 Å². The Balaban J connectivity index is 2.00. The predicted octanol–water partition coefficient (Wildman–Crippen LogP) is -1.83. The highest BCUT2D eigenvalue weighted by molar-refractivity contribution is 4.95. The highest BCUT2D eigenvalue weighted by Crippen LogP contribution is 2.29. The molecule has 0 bridgehead atoms. The Bertz CT molecular complexity index is 517. The largest absolute Gasteiger partial charge is 0.394 e. The van der Waals surface area contributed by atoms with E-state index in [2.05, 4.69) is 16.4 Å². The van der Waals surface area contributed by atoms with Crippen LogP contribution in [-0.2, 0) is 17.7 Å². The van der Waals surface area contributed by atoms with E-state index >= 15 is 0 Å². The minimum absolute atomic E-state index is 0.186. The molecule has 0 unspecified atom stereocenters. The Labute approximate surface area is 127 Å². The van der Waals surface area contributed by atoms with Gasteiger partial charge in [-0.2, -0.15) is 5.26 Å². The summed E-state index contributed by atoms with van der Waals surface area (Å²) in [6, 6.07) is 2.06. The zero-order chi connectivity index (χ0) is 16.1. The third-order valence-electron chi connectivity index (χ3n) is 3.72. The van der Waals surface area contributed by atoms with Crippen molar-refractivity contribution in [2.75, 3.05) is 6.61 Å². The fourth-order valence-electron chi connectivity index (χ4n) is 2.55. The number of aliphatic hydroxyl groups excluding tert-OH is 4.